The van der Waals surface area contributed by atoms with Crippen LogP contribution in [0.1, 0.15) is 49.5 Å². The number of ether oxygens (including phenoxy) is 1. The lowest BCUT2D eigenvalue weighted by molar-refractivity contribution is -0.0844. The Kier molecular flexibility index (Phi) is 5.28. The summed E-state index contributed by atoms with van der Waals surface area (Å²) in [6.45, 7) is 5.93. The van der Waals surface area contributed by atoms with Gasteiger partial charge in [0, 0.05) is 37.8 Å². The molecule has 3 aliphatic heterocycles. The second-order valence-corrected chi connectivity index (χ2v) is 9.90. The van der Waals surface area contributed by atoms with Gasteiger partial charge < -0.3 is 14.6 Å². The highest BCUT2D eigenvalue weighted by Crippen LogP contribution is 2.43. The lowest BCUT2D eigenvalue weighted by atomic mass is 9.87. The normalized spacial score (nSPS) is 30.7. The summed E-state index contributed by atoms with van der Waals surface area (Å²) < 4.78 is 9.00. The van der Waals surface area contributed by atoms with Crippen molar-refractivity contribution in [1.29, 1.82) is 0 Å². The van der Waals surface area contributed by atoms with Crippen LogP contribution in [0.3, 0.4) is 0 Å². The lowest BCUT2D eigenvalue weighted by Crippen LogP contribution is -2.51. The van der Waals surface area contributed by atoms with Gasteiger partial charge in [0.15, 0.2) is 0 Å². The molecule has 3 fully saturated rings. The highest BCUT2D eigenvalue weighted by atomic mass is 16.5. The molecule has 2 bridgehead atoms. The Labute approximate surface area is 190 Å². The van der Waals surface area contributed by atoms with Crippen LogP contribution in [0.15, 0.2) is 54.6 Å². The van der Waals surface area contributed by atoms with Gasteiger partial charge in [-0.3, -0.25) is 4.90 Å². The molecule has 5 heteroatoms. The molecule has 1 unspecified atom stereocenters. The molecule has 0 amide bonds. The fraction of sp³-hybridized carbons (Fsp3) is 0.519. The zero-order chi connectivity index (χ0) is 21.5. The third-order valence-corrected chi connectivity index (χ3v) is 8.14. The molecule has 3 aromatic rings. The van der Waals surface area contributed by atoms with E-state index in [4.69, 9.17) is 9.72 Å². The van der Waals surface area contributed by atoms with Gasteiger partial charge in [-0.05, 0) is 56.7 Å². The molecule has 0 aliphatic carbocycles. The number of piperidine rings is 1. The van der Waals surface area contributed by atoms with E-state index >= 15 is 0 Å². The minimum Gasteiger partial charge on any atom is -0.368 e. The number of nitrogens with zero attached hydrogens (tertiary/aromatic N) is 3. The molecule has 6 rings (SSSR count). The Morgan fingerprint density at radius 2 is 1.75 bits per heavy atom. The van der Waals surface area contributed by atoms with Crippen molar-refractivity contribution in [2.75, 3.05) is 26.2 Å². The summed E-state index contributed by atoms with van der Waals surface area (Å²) in [6.07, 6.45) is 6.16. The van der Waals surface area contributed by atoms with Gasteiger partial charge in [0.1, 0.15) is 11.4 Å². The van der Waals surface area contributed by atoms with E-state index in [-0.39, 0.29) is 5.60 Å². The molecular formula is C27H34N4O. The number of fused-ring (bicyclic) bond motifs is 3. The van der Waals surface area contributed by atoms with Crippen molar-refractivity contribution in [3.8, 4) is 0 Å². The highest BCUT2D eigenvalue weighted by Gasteiger charge is 2.43. The Morgan fingerprint density at radius 3 is 2.50 bits per heavy atom. The fourth-order valence-corrected chi connectivity index (χ4v) is 6.65. The SMILES string of the molecule is Cc1nc2ccccc2n1C1C[C@@H]2CC[C@@H](C1)N2CCC1(c2ccccc2)CNCCO1. The number of hydrogen-bond acceptors (Lipinski definition) is 4. The van der Waals surface area contributed by atoms with Gasteiger partial charge in [-0.2, -0.15) is 0 Å². The first-order valence-electron chi connectivity index (χ1n) is 12.3. The van der Waals surface area contributed by atoms with E-state index in [1.165, 1.54) is 36.8 Å². The predicted octanol–water partition coefficient (Wildman–Crippen LogP) is 4.42. The first kappa shape index (κ1) is 20.4. The monoisotopic (exact) mass is 430 g/mol. The minimum absolute atomic E-state index is 0.201. The summed E-state index contributed by atoms with van der Waals surface area (Å²) in [4.78, 5) is 7.66. The predicted molar refractivity (Wildman–Crippen MR) is 128 cm³/mol. The van der Waals surface area contributed by atoms with E-state index in [0.29, 0.717) is 18.1 Å². The van der Waals surface area contributed by atoms with E-state index in [1.54, 1.807) is 0 Å². The number of aromatic nitrogens is 2. The number of aryl methyl sites for hydroxylation is 1. The number of nitrogens with one attached hydrogen (secondary N) is 1. The van der Waals surface area contributed by atoms with Gasteiger partial charge in [0.05, 0.1) is 17.6 Å². The summed E-state index contributed by atoms with van der Waals surface area (Å²) in [6, 6.07) is 21.4. The maximum atomic E-state index is 6.48. The largest absolute Gasteiger partial charge is 0.368 e. The quantitative estimate of drug-likeness (QED) is 0.651. The molecule has 1 N–H and O–H groups in total. The molecule has 5 nitrogen and oxygen atoms in total. The summed E-state index contributed by atoms with van der Waals surface area (Å²) in [5.41, 5.74) is 3.54. The number of hydrogen-bond donors (Lipinski definition) is 1. The Balaban J connectivity index is 1.20. The molecule has 2 aromatic carbocycles. The van der Waals surface area contributed by atoms with Crippen LogP contribution >= 0.6 is 0 Å². The summed E-state index contributed by atoms with van der Waals surface area (Å²) in [5, 5.41) is 3.59. The third-order valence-electron chi connectivity index (χ3n) is 8.14. The van der Waals surface area contributed by atoms with Crippen molar-refractivity contribution in [1.82, 2.24) is 19.8 Å². The number of morpholine rings is 1. The van der Waals surface area contributed by atoms with Crippen molar-refractivity contribution in [2.24, 2.45) is 0 Å². The molecule has 0 spiro atoms. The molecular weight excluding hydrogens is 396 g/mol. The van der Waals surface area contributed by atoms with Crippen LogP contribution in [0.5, 0.6) is 0 Å². The van der Waals surface area contributed by atoms with E-state index in [0.717, 1.165) is 44.0 Å². The van der Waals surface area contributed by atoms with Gasteiger partial charge in [-0.25, -0.2) is 4.98 Å². The molecule has 3 saturated heterocycles. The number of imidazole rings is 1. The van der Waals surface area contributed by atoms with Gasteiger partial charge >= 0.3 is 0 Å². The average Bonchev–Trinajstić information content (AvgIpc) is 3.30. The molecule has 168 valence electrons. The van der Waals surface area contributed by atoms with Gasteiger partial charge in [0.2, 0.25) is 0 Å². The van der Waals surface area contributed by atoms with E-state index in [1.807, 2.05) is 0 Å². The molecule has 3 atom stereocenters. The van der Waals surface area contributed by atoms with E-state index < -0.39 is 0 Å². The van der Waals surface area contributed by atoms with Crippen LogP contribution < -0.4 is 5.32 Å². The average molecular weight is 431 g/mol. The smallest absolute Gasteiger partial charge is 0.107 e. The second kappa shape index (κ2) is 8.29. The maximum absolute atomic E-state index is 6.48. The van der Waals surface area contributed by atoms with Crippen molar-refractivity contribution < 1.29 is 4.74 Å². The maximum Gasteiger partial charge on any atom is 0.107 e. The van der Waals surface area contributed by atoms with Crippen LogP contribution in [0.2, 0.25) is 0 Å². The van der Waals surface area contributed by atoms with Crippen molar-refractivity contribution in [3.63, 3.8) is 0 Å². The molecule has 3 aliphatic rings. The summed E-state index contributed by atoms with van der Waals surface area (Å²) in [7, 11) is 0. The molecule has 32 heavy (non-hydrogen) atoms. The van der Waals surface area contributed by atoms with Crippen molar-refractivity contribution in [2.45, 2.75) is 62.8 Å². The molecule has 4 heterocycles. The Morgan fingerprint density at radius 1 is 1.00 bits per heavy atom. The third kappa shape index (κ3) is 3.47. The summed E-state index contributed by atoms with van der Waals surface area (Å²) in [5.74, 6) is 1.16. The van der Waals surface area contributed by atoms with Crippen molar-refractivity contribution >= 4 is 11.0 Å². The minimum atomic E-state index is -0.201. The molecule has 1 aromatic heterocycles. The first-order valence-corrected chi connectivity index (χ1v) is 12.3. The number of para-hydroxylation sites is 2. The number of rotatable bonds is 5. The Bertz CT molecular complexity index is 1060. The fourth-order valence-electron chi connectivity index (χ4n) is 6.65. The zero-order valence-electron chi connectivity index (χ0n) is 19.0. The van der Waals surface area contributed by atoms with Crippen LogP contribution in [0.25, 0.3) is 11.0 Å². The van der Waals surface area contributed by atoms with Crippen LogP contribution in [0, 0.1) is 6.92 Å². The van der Waals surface area contributed by atoms with Crippen LogP contribution in [0.4, 0.5) is 0 Å². The molecule has 0 radical (unpaired) electrons. The Hall–Kier alpha value is -2.21. The first-order chi connectivity index (χ1) is 15.7. The van der Waals surface area contributed by atoms with Gasteiger partial charge in [-0.15, -0.1) is 0 Å². The highest BCUT2D eigenvalue weighted by molar-refractivity contribution is 5.76. The zero-order valence-corrected chi connectivity index (χ0v) is 19.0. The standard InChI is InChI=1S/C27H34N4O/c1-20-29-25-9-5-6-10-26(25)31(20)24-17-22-11-12-23(18-24)30(22)15-13-27(19-28-14-16-32-27)21-7-3-2-4-8-21/h2-10,22-24,28H,11-19H2,1H3/t22-,23-,27?/m0/s1. The number of benzene rings is 2. The summed E-state index contributed by atoms with van der Waals surface area (Å²) >= 11 is 0. The van der Waals surface area contributed by atoms with Crippen molar-refractivity contribution in [3.05, 3.63) is 66.0 Å². The van der Waals surface area contributed by atoms with Crippen LogP contribution in [-0.4, -0.2) is 52.8 Å². The van der Waals surface area contributed by atoms with Gasteiger partial charge in [-0.1, -0.05) is 42.5 Å². The lowest BCUT2D eigenvalue weighted by Gasteiger charge is -2.43. The van der Waals surface area contributed by atoms with Crippen LogP contribution in [-0.2, 0) is 10.3 Å². The van der Waals surface area contributed by atoms with E-state index in [9.17, 15) is 0 Å². The topological polar surface area (TPSA) is 42.3 Å². The molecule has 0 saturated carbocycles. The van der Waals surface area contributed by atoms with Gasteiger partial charge in [0.25, 0.3) is 0 Å². The second-order valence-electron chi connectivity index (χ2n) is 9.90. The van der Waals surface area contributed by atoms with E-state index in [2.05, 4.69) is 76.3 Å².